The summed E-state index contributed by atoms with van der Waals surface area (Å²) in [6, 6.07) is 16.3. The molecule has 0 unspecified atom stereocenters. The molecule has 104 valence electrons. The number of benzene rings is 2. The van der Waals surface area contributed by atoms with Gasteiger partial charge in [0.2, 0.25) is 5.91 Å². The van der Waals surface area contributed by atoms with Crippen molar-refractivity contribution in [1.82, 2.24) is 5.43 Å². The van der Waals surface area contributed by atoms with Crippen molar-refractivity contribution < 1.29 is 4.79 Å². The largest absolute Gasteiger partial charge is 0.294 e. The summed E-state index contributed by atoms with van der Waals surface area (Å²) >= 11 is 1.79. The molecular weight excluding hydrogens is 268 g/mol. The average molecular weight is 286 g/mol. The van der Waals surface area contributed by atoms with Crippen molar-refractivity contribution in [2.24, 2.45) is 5.84 Å². The topological polar surface area (TPSA) is 55.1 Å². The lowest BCUT2D eigenvalue weighted by atomic mass is 10.1. The second-order valence-electron chi connectivity index (χ2n) is 4.57. The first-order chi connectivity index (χ1) is 9.70. The number of aryl methyl sites for hydroxylation is 1. The zero-order valence-corrected chi connectivity index (χ0v) is 12.2. The van der Waals surface area contributed by atoms with E-state index >= 15 is 0 Å². The number of amides is 1. The summed E-state index contributed by atoms with van der Waals surface area (Å²) in [6.07, 6.45) is 0.320. The molecule has 0 atom stereocenters. The van der Waals surface area contributed by atoms with Crippen LogP contribution in [0.25, 0.3) is 0 Å². The van der Waals surface area contributed by atoms with Crippen LogP contribution in [-0.4, -0.2) is 5.91 Å². The Hall–Kier alpha value is -1.78. The third kappa shape index (κ3) is 3.85. The van der Waals surface area contributed by atoms with Gasteiger partial charge in [0.15, 0.2) is 0 Å². The van der Waals surface area contributed by atoms with Crippen molar-refractivity contribution in [2.75, 3.05) is 0 Å². The van der Waals surface area contributed by atoms with Gasteiger partial charge >= 0.3 is 0 Å². The molecule has 3 N–H and O–H groups in total. The summed E-state index contributed by atoms with van der Waals surface area (Å²) in [6.45, 7) is 2.11. The van der Waals surface area contributed by atoms with E-state index in [0.717, 1.165) is 11.3 Å². The highest BCUT2D eigenvalue weighted by Crippen LogP contribution is 2.27. The third-order valence-electron chi connectivity index (χ3n) is 3.11. The van der Waals surface area contributed by atoms with Gasteiger partial charge in [-0.15, -0.1) is 11.8 Å². The summed E-state index contributed by atoms with van der Waals surface area (Å²) in [4.78, 5) is 12.7. The minimum Gasteiger partial charge on any atom is -0.294 e. The average Bonchev–Trinajstić information content (AvgIpc) is 2.47. The molecule has 0 aliphatic heterocycles. The molecule has 2 aromatic carbocycles. The fourth-order valence-corrected chi connectivity index (χ4v) is 3.03. The predicted molar refractivity (Wildman–Crippen MR) is 83.2 cm³/mol. The molecule has 0 aliphatic carbocycles. The molecule has 0 saturated heterocycles. The van der Waals surface area contributed by atoms with E-state index in [-0.39, 0.29) is 5.91 Å². The SMILES string of the molecule is Cc1ccccc1SCc1ccccc1CC(=O)NN. The summed E-state index contributed by atoms with van der Waals surface area (Å²) < 4.78 is 0. The van der Waals surface area contributed by atoms with E-state index in [0.29, 0.717) is 6.42 Å². The normalized spacial score (nSPS) is 10.3. The maximum absolute atomic E-state index is 11.4. The molecule has 0 saturated carbocycles. The molecule has 2 aromatic rings. The first-order valence-electron chi connectivity index (χ1n) is 6.45. The number of thioether (sulfide) groups is 1. The van der Waals surface area contributed by atoms with Gasteiger partial charge in [-0.25, -0.2) is 5.84 Å². The number of carbonyl (C=O) groups excluding carboxylic acids is 1. The minimum absolute atomic E-state index is 0.168. The van der Waals surface area contributed by atoms with Crippen molar-refractivity contribution >= 4 is 17.7 Å². The summed E-state index contributed by atoms with van der Waals surface area (Å²) in [5, 5.41) is 0. The molecule has 0 aromatic heterocycles. The summed E-state index contributed by atoms with van der Waals surface area (Å²) in [7, 11) is 0. The standard InChI is InChI=1S/C16H18N2OS/c1-12-6-2-5-9-15(12)20-11-14-8-4-3-7-13(14)10-16(19)18-17/h2-9H,10-11,17H2,1H3,(H,18,19). The van der Waals surface area contributed by atoms with Crippen molar-refractivity contribution in [1.29, 1.82) is 0 Å². The lowest BCUT2D eigenvalue weighted by molar-refractivity contribution is -0.120. The van der Waals surface area contributed by atoms with Crippen molar-refractivity contribution in [2.45, 2.75) is 24.0 Å². The second-order valence-corrected chi connectivity index (χ2v) is 5.58. The van der Waals surface area contributed by atoms with Crippen molar-refractivity contribution in [3.05, 3.63) is 65.2 Å². The van der Waals surface area contributed by atoms with Crippen LogP contribution in [0, 0.1) is 6.92 Å². The van der Waals surface area contributed by atoms with E-state index in [9.17, 15) is 4.79 Å². The van der Waals surface area contributed by atoms with E-state index in [2.05, 4.69) is 30.5 Å². The molecule has 0 spiro atoms. The number of carbonyl (C=O) groups is 1. The fourth-order valence-electron chi connectivity index (χ4n) is 1.97. The highest BCUT2D eigenvalue weighted by atomic mass is 32.2. The van der Waals surface area contributed by atoms with Gasteiger partial charge < -0.3 is 0 Å². The van der Waals surface area contributed by atoms with Gasteiger partial charge in [0, 0.05) is 10.6 Å². The van der Waals surface area contributed by atoms with E-state index in [1.807, 2.05) is 30.3 Å². The Balaban J connectivity index is 2.10. The number of hydrogen-bond donors (Lipinski definition) is 2. The number of hydrogen-bond acceptors (Lipinski definition) is 3. The Morgan fingerprint density at radius 3 is 2.45 bits per heavy atom. The molecule has 0 heterocycles. The zero-order valence-electron chi connectivity index (χ0n) is 11.4. The first-order valence-corrected chi connectivity index (χ1v) is 7.44. The molecule has 0 fully saturated rings. The monoisotopic (exact) mass is 286 g/mol. The zero-order chi connectivity index (χ0) is 14.4. The fraction of sp³-hybridized carbons (Fsp3) is 0.188. The van der Waals surface area contributed by atoms with Crippen LogP contribution in [0.4, 0.5) is 0 Å². The molecule has 1 amide bonds. The first kappa shape index (κ1) is 14.6. The van der Waals surface area contributed by atoms with Gasteiger partial charge in [-0.3, -0.25) is 10.2 Å². The molecule has 4 heteroatoms. The lowest BCUT2D eigenvalue weighted by Crippen LogP contribution is -2.31. The van der Waals surface area contributed by atoms with Crippen LogP contribution >= 0.6 is 11.8 Å². The third-order valence-corrected chi connectivity index (χ3v) is 4.33. The maximum Gasteiger partial charge on any atom is 0.238 e. The molecule has 0 aliphatic rings. The molecule has 0 radical (unpaired) electrons. The highest BCUT2D eigenvalue weighted by molar-refractivity contribution is 7.98. The van der Waals surface area contributed by atoms with Gasteiger partial charge in [0.1, 0.15) is 0 Å². The van der Waals surface area contributed by atoms with Crippen LogP contribution in [-0.2, 0) is 17.0 Å². The molecule has 3 nitrogen and oxygen atoms in total. The molecule has 2 rings (SSSR count). The smallest absolute Gasteiger partial charge is 0.238 e. The Labute approximate surface area is 123 Å². The van der Waals surface area contributed by atoms with Gasteiger partial charge in [-0.05, 0) is 29.7 Å². The summed E-state index contributed by atoms with van der Waals surface area (Å²) in [5.41, 5.74) is 5.65. The second kappa shape index (κ2) is 7.12. The van der Waals surface area contributed by atoms with Crippen LogP contribution in [0.15, 0.2) is 53.4 Å². The number of hydrazine groups is 1. The Morgan fingerprint density at radius 2 is 1.75 bits per heavy atom. The highest BCUT2D eigenvalue weighted by Gasteiger charge is 2.07. The van der Waals surface area contributed by atoms with E-state index in [1.165, 1.54) is 16.0 Å². The van der Waals surface area contributed by atoms with Gasteiger partial charge in [-0.1, -0.05) is 42.5 Å². The molecule has 20 heavy (non-hydrogen) atoms. The lowest BCUT2D eigenvalue weighted by Gasteiger charge is -2.10. The van der Waals surface area contributed by atoms with Crippen LogP contribution in [0.3, 0.4) is 0 Å². The quantitative estimate of drug-likeness (QED) is 0.384. The molecule has 0 bridgehead atoms. The minimum atomic E-state index is -0.168. The number of nitrogens with one attached hydrogen (secondary N) is 1. The van der Waals surface area contributed by atoms with Crippen LogP contribution < -0.4 is 11.3 Å². The maximum atomic E-state index is 11.4. The number of nitrogens with two attached hydrogens (primary N) is 1. The number of rotatable bonds is 5. The molecular formula is C16H18N2OS. The van der Waals surface area contributed by atoms with E-state index in [4.69, 9.17) is 5.84 Å². The van der Waals surface area contributed by atoms with Crippen LogP contribution in [0.2, 0.25) is 0 Å². The van der Waals surface area contributed by atoms with Crippen molar-refractivity contribution in [3.8, 4) is 0 Å². The Morgan fingerprint density at radius 1 is 1.10 bits per heavy atom. The van der Waals surface area contributed by atoms with Gasteiger partial charge in [0.25, 0.3) is 0 Å². The van der Waals surface area contributed by atoms with Crippen LogP contribution in [0.1, 0.15) is 16.7 Å². The Bertz CT molecular complexity index is 599. The predicted octanol–water partition coefficient (Wildman–Crippen LogP) is 2.82. The van der Waals surface area contributed by atoms with Gasteiger partial charge in [-0.2, -0.15) is 0 Å². The van der Waals surface area contributed by atoms with Crippen LogP contribution in [0.5, 0.6) is 0 Å². The van der Waals surface area contributed by atoms with E-state index < -0.39 is 0 Å². The van der Waals surface area contributed by atoms with Gasteiger partial charge in [0.05, 0.1) is 6.42 Å². The van der Waals surface area contributed by atoms with E-state index in [1.54, 1.807) is 11.8 Å². The van der Waals surface area contributed by atoms with Crippen molar-refractivity contribution in [3.63, 3.8) is 0 Å². The Kier molecular flexibility index (Phi) is 5.21. The summed E-state index contributed by atoms with van der Waals surface area (Å²) in [5.74, 6) is 5.83.